The minimum atomic E-state index is -1.42. The molecule has 0 aliphatic carbocycles. The molecule has 8 heteroatoms. The van der Waals surface area contributed by atoms with Crippen LogP contribution in [0.25, 0.3) is 0 Å². The Kier molecular flexibility index (Phi) is 14.9. The molecule has 0 aliphatic rings. The van der Waals surface area contributed by atoms with Crippen LogP contribution in [-0.4, -0.2) is 41.7 Å². The summed E-state index contributed by atoms with van der Waals surface area (Å²) in [4.78, 5) is 50.5. The number of amides is 1. The van der Waals surface area contributed by atoms with Crippen molar-refractivity contribution in [3.63, 3.8) is 0 Å². The molecule has 212 valence electrons. The van der Waals surface area contributed by atoms with Crippen molar-refractivity contribution >= 4 is 40.9 Å². The molecule has 7 nitrogen and oxygen atoms in total. The van der Waals surface area contributed by atoms with Gasteiger partial charge in [-0.1, -0.05) is 101 Å². The molecular formula is C31H40ClNO6. The Morgan fingerprint density at radius 1 is 0.769 bits per heavy atom. The number of ether oxygens (including phenoxy) is 2. The van der Waals surface area contributed by atoms with Gasteiger partial charge in [-0.2, -0.15) is 0 Å². The third kappa shape index (κ3) is 11.6. The fourth-order valence-electron chi connectivity index (χ4n) is 4.18. The predicted octanol–water partition coefficient (Wildman–Crippen LogP) is 7.12. The van der Waals surface area contributed by atoms with Gasteiger partial charge in [0.1, 0.15) is 0 Å². The number of unbranched alkanes of at least 4 members (excludes halogenated alkanes) is 8. The van der Waals surface area contributed by atoms with Crippen LogP contribution >= 0.6 is 11.6 Å². The molecule has 1 amide bonds. The number of anilines is 1. The highest BCUT2D eigenvalue weighted by Gasteiger charge is 2.31. The summed E-state index contributed by atoms with van der Waals surface area (Å²) in [5.74, 6) is -2.74. The normalized spacial score (nSPS) is 12.3. The Labute approximate surface area is 236 Å². The highest BCUT2D eigenvalue weighted by atomic mass is 35.5. The van der Waals surface area contributed by atoms with E-state index < -0.39 is 24.1 Å². The van der Waals surface area contributed by atoms with Gasteiger partial charge in [0.05, 0.1) is 17.1 Å². The molecule has 0 aromatic heterocycles. The fraction of sp³-hybridized carbons (Fsp3) is 0.484. The second-order valence-corrected chi connectivity index (χ2v) is 9.86. The van der Waals surface area contributed by atoms with Gasteiger partial charge in [-0.05, 0) is 25.0 Å². The molecule has 39 heavy (non-hydrogen) atoms. The summed E-state index contributed by atoms with van der Waals surface area (Å²) in [6, 6.07) is 14.9. The number of ketones is 1. The Morgan fingerprint density at radius 2 is 1.36 bits per heavy atom. The first kappa shape index (κ1) is 32.0. The smallest absolute Gasteiger partial charge is 0.349 e. The van der Waals surface area contributed by atoms with Gasteiger partial charge < -0.3 is 14.8 Å². The molecule has 0 radical (unpaired) electrons. The molecule has 2 rings (SSSR count). The van der Waals surface area contributed by atoms with Gasteiger partial charge in [0.15, 0.2) is 6.10 Å². The zero-order valence-electron chi connectivity index (χ0n) is 23.0. The largest absolute Gasteiger partial charge is 0.451 e. The van der Waals surface area contributed by atoms with E-state index in [1.165, 1.54) is 45.1 Å². The van der Waals surface area contributed by atoms with Crippen LogP contribution in [-0.2, 0) is 19.1 Å². The molecule has 2 atom stereocenters. The number of nitrogens with one attached hydrogen (secondary N) is 1. The predicted molar refractivity (Wildman–Crippen MR) is 153 cm³/mol. The number of benzene rings is 2. The summed E-state index contributed by atoms with van der Waals surface area (Å²) >= 11 is 5.97. The van der Waals surface area contributed by atoms with Crippen LogP contribution in [0.2, 0.25) is 0 Å². The SMILES string of the molecule is CCCCCCCCCCCC(OC(=O)C(CCl)OC(=O)c1ccccc1NC(C)=O)C(=O)c1ccccc1. The van der Waals surface area contributed by atoms with Crippen molar-refractivity contribution in [3.8, 4) is 0 Å². The molecule has 0 heterocycles. The number of halogens is 1. The van der Waals surface area contributed by atoms with Gasteiger partial charge in [-0.25, -0.2) is 9.59 Å². The topological polar surface area (TPSA) is 98.8 Å². The van der Waals surface area contributed by atoms with Crippen molar-refractivity contribution in [2.45, 2.75) is 90.3 Å². The Hall–Kier alpha value is -3.19. The van der Waals surface area contributed by atoms with Crippen molar-refractivity contribution in [1.82, 2.24) is 0 Å². The summed E-state index contributed by atoms with van der Waals surface area (Å²) in [7, 11) is 0. The molecule has 2 aromatic carbocycles. The molecule has 0 fully saturated rings. The van der Waals surface area contributed by atoms with E-state index in [1.54, 1.807) is 48.5 Å². The quantitative estimate of drug-likeness (QED) is 0.0906. The zero-order chi connectivity index (χ0) is 28.5. The number of Topliss-reactive ketones (excluding diaryl/α,β-unsaturated/α-hetero) is 1. The van der Waals surface area contributed by atoms with E-state index in [2.05, 4.69) is 12.2 Å². The van der Waals surface area contributed by atoms with Crippen LogP contribution in [0.15, 0.2) is 54.6 Å². The van der Waals surface area contributed by atoms with Gasteiger partial charge in [-0.3, -0.25) is 9.59 Å². The number of rotatable bonds is 18. The van der Waals surface area contributed by atoms with E-state index in [0.717, 1.165) is 25.7 Å². The molecule has 0 saturated carbocycles. The Bertz CT molecular complexity index is 1060. The molecular weight excluding hydrogens is 518 g/mol. The number of carbonyl (C=O) groups is 4. The number of hydrogen-bond acceptors (Lipinski definition) is 6. The highest BCUT2D eigenvalue weighted by Crippen LogP contribution is 2.20. The van der Waals surface area contributed by atoms with Crippen LogP contribution in [0.1, 0.15) is 98.8 Å². The van der Waals surface area contributed by atoms with Crippen molar-refractivity contribution in [1.29, 1.82) is 0 Å². The van der Waals surface area contributed by atoms with E-state index in [4.69, 9.17) is 21.1 Å². The first-order chi connectivity index (χ1) is 18.9. The monoisotopic (exact) mass is 557 g/mol. The molecule has 2 unspecified atom stereocenters. The molecule has 1 N–H and O–H groups in total. The van der Waals surface area contributed by atoms with Crippen molar-refractivity contribution in [2.75, 3.05) is 11.2 Å². The Balaban J connectivity index is 2.01. The summed E-state index contributed by atoms with van der Waals surface area (Å²) in [5.41, 5.74) is 0.760. The maximum atomic E-state index is 13.2. The van der Waals surface area contributed by atoms with Crippen LogP contribution in [0.4, 0.5) is 5.69 Å². The van der Waals surface area contributed by atoms with Crippen molar-refractivity contribution in [2.24, 2.45) is 0 Å². The summed E-state index contributed by atoms with van der Waals surface area (Å²) in [6.45, 7) is 3.52. The number of para-hydroxylation sites is 1. The maximum Gasteiger partial charge on any atom is 0.349 e. The van der Waals surface area contributed by atoms with E-state index in [1.807, 2.05) is 0 Å². The Morgan fingerprint density at radius 3 is 1.97 bits per heavy atom. The number of hydrogen-bond donors (Lipinski definition) is 1. The first-order valence-electron chi connectivity index (χ1n) is 13.8. The second kappa shape index (κ2) is 18.2. The van der Waals surface area contributed by atoms with E-state index in [-0.39, 0.29) is 28.8 Å². The lowest BCUT2D eigenvalue weighted by Crippen LogP contribution is -2.36. The zero-order valence-corrected chi connectivity index (χ0v) is 23.7. The number of esters is 2. The molecule has 2 aromatic rings. The van der Waals surface area contributed by atoms with Gasteiger partial charge in [-0.15, -0.1) is 11.6 Å². The number of carbonyl (C=O) groups excluding carboxylic acids is 4. The first-order valence-corrected chi connectivity index (χ1v) is 14.3. The van der Waals surface area contributed by atoms with Crippen LogP contribution in [0, 0.1) is 0 Å². The highest BCUT2D eigenvalue weighted by molar-refractivity contribution is 6.19. The lowest BCUT2D eigenvalue weighted by Gasteiger charge is -2.21. The van der Waals surface area contributed by atoms with Gasteiger partial charge in [0.2, 0.25) is 17.8 Å². The third-order valence-corrected chi connectivity index (χ3v) is 6.57. The molecule has 0 aliphatic heterocycles. The fourth-order valence-corrected chi connectivity index (χ4v) is 4.37. The van der Waals surface area contributed by atoms with E-state index in [9.17, 15) is 19.2 Å². The number of alkyl halides is 1. The van der Waals surface area contributed by atoms with Gasteiger partial charge in [0, 0.05) is 12.5 Å². The second-order valence-electron chi connectivity index (χ2n) is 9.55. The van der Waals surface area contributed by atoms with Crippen molar-refractivity contribution in [3.05, 3.63) is 65.7 Å². The average molecular weight is 558 g/mol. The molecule has 0 saturated heterocycles. The average Bonchev–Trinajstić information content (AvgIpc) is 2.94. The van der Waals surface area contributed by atoms with Gasteiger partial charge >= 0.3 is 11.9 Å². The van der Waals surface area contributed by atoms with Crippen LogP contribution in [0.5, 0.6) is 0 Å². The van der Waals surface area contributed by atoms with E-state index in [0.29, 0.717) is 12.0 Å². The minimum absolute atomic E-state index is 0.0715. The molecule has 0 bridgehead atoms. The minimum Gasteiger partial charge on any atom is -0.451 e. The van der Waals surface area contributed by atoms with Crippen LogP contribution < -0.4 is 5.32 Å². The lowest BCUT2D eigenvalue weighted by atomic mass is 10.00. The van der Waals surface area contributed by atoms with E-state index >= 15 is 0 Å². The molecule has 0 spiro atoms. The standard InChI is InChI=1S/C31H40ClNO6/c1-3-4-5-6-7-8-9-10-14-21-27(29(35)24-17-12-11-13-18-24)38-31(37)28(22-32)39-30(36)25-19-15-16-20-26(25)33-23(2)34/h11-13,15-20,27-28H,3-10,14,21-22H2,1-2H3,(H,33,34). The summed E-state index contributed by atoms with van der Waals surface area (Å²) < 4.78 is 10.9. The van der Waals surface area contributed by atoms with Crippen LogP contribution in [0.3, 0.4) is 0 Å². The maximum absolute atomic E-state index is 13.2. The third-order valence-electron chi connectivity index (χ3n) is 6.29. The van der Waals surface area contributed by atoms with Crippen molar-refractivity contribution < 1.29 is 28.7 Å². The lowest BCUT2D eigenvalue weighted by molar-refractivity contribution is -0.156. The van der Waals surface area contributed by atoms with Gasteiger partial charge in [0.25, 0.3) is 0 Å². The summed E-state index contributed by atoms with van der Waals surface area (Å²) in [6.07, 6.45) is 8.00. The summed E-state index contributed by atoms with van der Waals surface area (Å²) in [5, 5.41) is 2.56.